The number of nitrogens with one attached hydrogen (secondary N) is 1. The number of rotatable bonds is 4. The number of ether oxygens (including phenoxy) is 1. The molecule has 1 aromatic carbocycles. The van der Waals surface area contributed by atoms with Crippen LogP contribution in [0.2, 0.25) is 0 Å². The summed E-state index contributed by atoms with van der Waals surface area (Å²) in [6.07, 6.45) is -5.66. The van der Waals surface area contributed by atoms with Gasteiger partial charge in [0.1, 0.15) is 0 Å². The van der Waals surface area contributed by atoms with Gasteiger partial charge in [0.2, 0.25) is 5.91 Å². The molecule has 1 unspecified atom stereocenters. The number of halogens is 4. The molecule has 0 spiro atoms. The number of aromatic nitrogens is 1. The maximum atomic E-state index is 15.3. The van der Waals surface area contributed by atoms with Crippen molar-refractivity contribution in [2.75, 3.05) is 10.2 Å². The Labute approximate surface area is 181 Å². The normalized spacial score (nSPS) is 16.6. The van der Waals surface area contributed by atoms with Crippen LogP contribution in [0, 0.1) is 18.2 Å². The summed E-state index contributed by atoms with van der Waals surface area (Å²) in [5, 5.41) is 5.52. The van der Waals surface area contributed by atoms with Gasteiger partial charge in [0.15, 0.2) is 29.1 Å². The van der Waals surface area contributed by atoms with E-state index in [2.05, 4.69) is 10.5 Å². The van der Waals surface area contributed by atoms with Crippen molar-refractivity contribution in [3.05, 3.63) is 35.0 Å². The molecule has 0 bridgehead atoms. The number of fused-ring (bicyclic) bond motifs is 1. The summed E-state index contributed by atoms with van der Waals surface area (Å²) in [5.41, 5.74) is -1.31. The SMILES string of the molecule is Cc1cc2c(c(F)c1NC(=O)CC(C)(C)C)OC(C)C(=O)N2Cc1cc(C(F)(F)F)no1. The van der Waals surface area contributed by atoms with Crippen molar-refractivity contribution in [3.8, 4) is 5.75 Å². The van der Waals surface area contributed by atoms with Gasteiger partial charge in [-0.05, 0) is 30.9 Å². The van der Waals surface area contributed by atoms with E-state index in [1.807, 2.05) is 20.8 Å². The maximum Gasteiger partial charge on any atom is 0.436 e. The Bertz CT molecular complexity index is 1060. The molecule has 0 radical (unpaired) electrons. The first-order valence-electron chi connectivity index (χ1n) is 9.81. The van der Waals surface area contributed by atoms with Gasteiger partial charge in [-0.25, -0.2) is 4.39 Å². The van der Waals surface area contributed by atoms with Gasteiger partial charge >= 0.3 is 6.18 Å². The van der Waals surface area contributed by atoms with Crippen LogP contribution < -0.4 is 15.0 Å². The lowest BCUT2D eigenvalue weighted by Gasteiger charge is -2.33. The highest BCUT2D eigenvalue weighted by Gasteiger charge is 2.38. The summed E-state index contributed by atoms with van der Waals surface area (Å²) >= 11 is 0. The highest BCUT2D eigenvalue weighted by atomic mass is 19.4. The Hall–Kier alpha value is -3.11. The minimum absolute atomic E-state index is 0.0156. The molecule has 2 amide bonds. The first-order valence-corrected chi connectivity index (χ1v) is 9.81. The highest BCUT2D eigenvalue weighted by molar-refractivity contribution is 6.01. The standard InChI is InChI=1S/C21H23F4N3O4/c1-10-6-13-18(16(22)17(10)26-15(29)8-20(3,4)5)31-11(2)19(30)28(13)9-12-7-14(27-32-12)21(23,24)25/h6-7,11H,8-9H2,1-5H3,(H,26,29). The quantitative estimate of drug-likeness (QED) is 0.665. The van der Waals surface area contributed by atoms with Crippen LogP contribution in [-0.4, -0.2) is 23.1 Å². The average Bonchev–Trinajstić information content (AvgIpc) is 3.11. The molecule has 0 saturated carbocycles. The maximum absolute atomic E-state index is 15.3. The van der Waals surface area contributed by atoms with E-state index in [0.717, 1.165) is 4.90 Å². The number of hydrogen-bond donors (Lipinski definition) is 1. The molecule has 1 atom stereocenters. The Kier molecular flexibility index (Phi) is 5.96. The monoisotopic (exact) mass is 457 g/mol. The van der Waals surface area contributed by atoms with Gasteiger partial charge in [-0.2, -0.15) is 13.2 Å². The molecule has 0 fully saturated rings. The number of carbonyl (C=O) groups is 2. The molecule has 0 saturated heterocycles. The zero-order chi connectivity index (χ0) is 24.0. The molecule has 2 heterocycles. The van der Waals surface area contributed by atoms with Crippen LogP contribution >= 0.6 is 0 Å². The Balaban J connectivity index is 1.96. The number of hydrogen-bond acceptors (Lipinski definition) is 5. The second kappa shape index (κ2) is 8.10. The number of nitrogens with zero attached hydrogens (tertiary/aromatic N) is 2. The van der Waals surface area contributed by atoms with Crippen LogP contribution in [0.1, 0.15) is 51.1 Å². The minimum Gasteiger partial charge on any atom is -0.476 e. The number of alkyl halides is 3. The van der Waals surface area contributed by atoms with E-state index in [-0.39, 0.29) is 34.7 Å². The van der Waals surface area contributed by atoms with Gasteiger partial charge < -0.3 is 14.6 Å². The molecule has 1 aliphatic rings. The first-order chi connectivity index (χ1) is 14.7. The number of anilines is 2. The zero-order valence-corrected chi connectivity index (χ0v) is 18.2. The predicted molar refractivity (Wildman–Crippen MR) is 107 cm³/mol. The van der Waals surface area contributed by atoms with Crippen LogP contribution in [0.5, 0.6) is 5.75 Å². The molecule has 7 nitrogen and oxygen atoms in total. The van der Waals surface area contributed by atoms with Crippen molar-refractivity contribution in [1.82, 2.24) is 5.16 Å². The third kappa shape index (κ3) is 4.86. The fourth-order valence-electron chi connectivity index (χ4n) is 3.28. The molecule has 1 N–H and O–H groups in total. The number of benzene rings is 1. The highest BCUT2D eigenvalue weighted by Crippen LogP contribution is 2.42. The molecule has 0 aliphatic carbocycles. The summed E-state index contributed by atoms with van der Waals surface area (Å²) in [5.74, 6) is -2.38. The van der Waals surface area contributed by atoms with Crippen molar-refractivity contribution < 1.29 is 36.4 Å². The molecule has 1 aliphatic heterocycles. The van der Waals surface area contributed by atoms with Gasteiger partial charge in [-0.1, -0.05) is 25.9 Å². The molecule has 32 heavy (non-hydrogen) atoms. The van der Waals surface area contributed by atoms with E-state index in [1.54, 1.807) is 0 Å². The van der Waals surface area contributed by atoms with Crippen molar-refractivity contribution >= 4 is 23.2 Å². The molecule has 174 valence electrons. The van der Waals surface area contributed by atoms with Crippen molar-refractivity contribution in [3.63, 3.8) is 0 Å². The Morgan fingerprint density at radius 1 is 1.25 bits per heavy atom. The van der Waals surface area contributed by atoms with E-state index in [4.69, 9.17) is 9.26 Å². The van der Waals surface area contributed by atoms with Crippen LogP contribution in [0.3, 0.4) is 0 Å². The number of aryl methyl sites for hydroxylation is 1. The fraction of sp³-hybridized carbons (Fsp3) is 0.476. The lowest BCUT2D eigenvalue weighted by Crippen LogP contribution is -2.44. The van der Waals surface area contributed by atoms with Gasteiger partial charge in [0.25, 0.3) is 5.91 Å². The van der Waals surface area contributed by atoms with E-state index < -0.39 is 42.2 Å². The fourth-order valence-corrected chi connectivity index (χ4v) is 3.28. The molecule has 2 aromatic rings. The van der Waals surface area contributed by atoms with Gasteiger partial charge in [-0.15, -0.1) is 0 Å². The van der Waals surface area contributed by atoms with E-state index >= 15 is 4.39 Å². The van der Waals surface area contributed by atoms with Crippen LogP contribution in [0.4, 0.5) is 28.9 Å². The number of amides is 2. The van der Waals surface area contributed by atoms with E-state index in [1.165, 1.54) is 19.9 Å². The topological polar surface area (TPSA) is 84.7 Å². The van der Waals surface area contributed by atoms with Crippen LogP contribution in [0.15, 0.2) is 16.7 Å². The van der Waals surface area contributed by atoms with Crippen molar-refractivity contribution in [2.24, 2.45) is 5.41 Å². The van der Waals surface area contributed by atoms with E-state index in [0.29, 0.717) is 11.6 Å². The summed E-state index contributed by atoms with van der Waals surface area (Å²) in [6, 6.07) is 2.10. The number of carbonyl (C=O) groups excluding carboxylic acids is 2. The average molecular weight is 457 g/mol. The summed E-state index contributed by atoms with van der Waals surface area (Å²) < 4.78 is 63.9. The van der Waals surface area contributed by atoms with Gasteiger partial charge in [-0.3, -0.25) is 14.5 Å². The second-order valence-corrected chi connectivity index (χ2v) is 8.88. The largest absolute Gasteiger partial charge is 0.476 e. The molecular formula is C21H23F4N3O4. The lowest BCUT2D eigenvalue weighted by atomic mass is 9.92. The Morgan fingerprint density at radius 2 is 1.91 bits per heavy atom. The third-order valence-corrected chi connectivity index (χ3v) is 4.72. The van der Waals surface area contributed by atoms with Gasteiger partial charge in [0.05, 0.1) is 17.9 Å². The molecular weight excluding hydrogens is 434 g/mol. The first kappa shape index (κ1) is 23.6. The molecule has 1 aromatic heterocycles. The summed E-state index contributed by atoms with van der Waals surface area (Å²) in [6.45, 7) is 8.11. The van der Waals surface area contributed by atoms with Gasteiger partial charge in [0, 0.05) is 12.5 Å². The lowest BCUT2D eigenvalue weighted by molar-refractivity contribution is -0.142. The second-order valence-electron chi connectivity index (χ2n) is 8.88. The van der Waals surface area contributed by atoms with E-state index in [9.17, 15) is 22.8 Å². The molecule has 3 rings (SSSR count). The molecule has 11 heteroatoms. The predicted octanol–water partition coefficient (Wildman–Crippen LogP) is 4.83. The van der Waals surface area contributed by atoms with Crippen molar-refractivity contribution in [1.29, 1.82) is 0 Å². The van der Waals surface area contributed by atoms with Crippen LogP contribution in [-0.2, 0) is 22.3 Å². The minimum atomic E-state index is -4.70. The summed E-state index contributed by atoms with van der Waals surface area (Å²) in [7, 11) is 0. The summed E-state index contributed by atoms with van der Waals surface area (Å²) in [4.78, 5) is 26.0. The third-order valence-electron chi connectivity index (χ3n) is 4.72. The zero-order valence-electron chi connectivity index (χ0n) is 18.2. The Morgan fingerprint density at radius 3 is 2.47 bits per heavy atom. The smallest absolute Gasteiger partial charge is 0.436 e. The van der Waals surface area contributed by atoms with Crippen LogP contribution in [0.25, 0.3) is 0 Å². The van der Waals surface area contributed by atoms with Crippen molar-refractivity contribution in [2.45, 2.75) is 59.9 Å².